The van der Waals surface area contributed by atoms with Crippen molar-refractivity contribution in [1.82, 2.24) is 15.5 Å². The fraction of sp³-hybridized carbons (Fsp3) is 0.846. The Hall–Kier alpha value is -1.18. The standard InChI is InChI=1S/C13H23N3O4/c17-11(13(19)20)8-15-12(18)10-2-1-7-16(10)9-3-5-14-6-4-9/h9-11,14,17H,1-8H2,(H,15,18)(H,19,20). The lowest BCUT2D eigenvalue weighted by Gasteiger charge is -2.35. The first-order valence-electron chi connectivity index (χ1n) is 7.24. The van der Waals surface area contributed by atoms with Crippen LogP contribution >= 0.6 is 0 Å². The maximum Gasteiger partial charge on any atom is 0.334 e. The van der Waals surface area contributed by atoms with Crippen LogP contribution in [0.25, 0.3) is 0 Å². The number of carboxylic acids is 1. The highest BCUT2D eigenvalue weighted by atomic mass is 16.4. The lowest BCUT2D eigenvalue weighted by Crippen LogP contribution is -2.51. The zero-order chi connectivity index (χ0) is 14.5. The number of rotatable bonds is 5. The van der Waals surface area contributed by atoms with E-state index in [1.807, 2.05) is 0 Å². The second-order valence-electron chi connectivity index (χ2n) is 5.48. The van der Waals surface area contributed by atoms with Gasteiger partial charge < -0.3 is 20.8 Å². The molecule has 2 atom stereocenters. The van der Waals surface area contributed by atoms with Crippen LogP contribution in [0, 0.1) is 0 Å². The average molecular weight is 285 g/mol. The summed E-state index contributed by atoms with van der Waals surface area (Å²) in [5.74, 6) is -1.48. The Balaban J connectivity index is 1.86. The molecule has 7 heteroatoms. The maximum absolute atomic E-state index is 12.2. The second kappa shape index (κ2) is 7.01. The van der Waals surface area contributed by atoms with Crippen molar-refractivity contribution < 1.29 is 19.8 Å². The van der Waals surface area contributed by atoms with E-state index >= 15 is 0 Å². The summed E-state index contributed by atoms with van der Waals surface area (Å²) in [7, 11) is 0. The van der Waals surface area contributed by atoms with Gasteiger partial charge in [-0.05, 0) is 45.3 Å². The second-order valence-corrected chi connectivity index (χ2v) is 5.48. The van der Waals surface area contributed by atoms with Crippen molar-refractivity contribution >= 4 is 11.9 Å². The van der Waals surface area contributed by atoms with Crippen molar-refractivity contribution in [3.05, 3.63) is 0 Å². The van der Waals surface area contributed by atoms with Gasteiger partial charge in [-0.3, -0.25) is 9.69 Å². The van der Waals surface area contributed by atoms with E-state index in [1.165, 1.54) is 0 Å². The molecule has 0 bridgehead atoms. The number of likely N-dealkylation sites (tertiary alicyclic amines) is 1. The summed E-state index contributed by atoms with van der Waals surface area (Å²) in [5, 5.41) is 23.7. The number of nitrogens with one attached hydrogen (secondary N) is 2. The summed E-state index contributed by atoms with van der Waals surface area (Å²) in [6.45, 7) is 2.65. The van der Waals surface area contributed by atoms with E-state index in [0.717, 1.165) is 45.3 Å². The number of aliphatic hydroxyl groups excluding tert-OH is 1. The van der Waals surface area contributed by atoms with E-state index in [9.17, 15) is 14.7 Å². The topological polar surface area (TPSA) is 102 Å². The minimum atomic E-state index is -1.53. The zero-order valence-corrected chi connectivity index (χ0v) is 11.5. The van der Waals surface area contributed by atoms with Crippen molar-refractivity contribution in [2.24, 2.45) is 0 Å². The molecule has 2 heterocycles. The van der Waals surface area contributed by atoms with Crippen LogP contribution in [-0.4, -0.2) is 71.4 Å². The number of carboxylic acid groups (broad SMARTS) is 1. The predicted octanol–water partition coefficient (Wildman–Crippen LogP) is -1.24. The third kappa shape index (κ3) is 3.68. The van der Waals surface area contributed by atoms with Gasteiger partial charge in [-0.1, -0.05) is 0 Å². The maximum atomic E-state index is 12.2. The van der Waals surface area contributed by atoms with Crippen molar-refractivity contribution in [3.63, 3.8) is 0 Å². The first-order chi connectivity index (χ1) is 9.59. The molecule has 0 aromatic rings. The molecule has 0 spiro atoms. The van der Waals surface area contributed by atoms with Crippen LogP contribution in [-0.2, 0) is 9.59 Å². The van der Waals surface area contributed by atoms with Crippen molar-refractivity contribution in [3.8, 4) is 0 Å². The van der Waals surface area contributed by atoms with Crippen LogP contribution < -0.4 is 10.6 Å². The molecule has 20 heavy (non-hydrogen) atoms. The van der Waals surface area contributed by atoms with E-state index in [1.54, 1.807) is 0 Å². The summed E-state index contributed by atoms with van der Waals surface area (Å²) in [5.41, 5.74) is 0. The molecule has 0 aromatic carbocycles. The van der Waals surface area contributed by atoms with Gasteiger partial charge in [-0.25, -0.2) is 4.79 Å². The minimum absolute atomic E-state index is 0.165. The Morgan fingerprint density at radius 1 is 1.30 bits per heavy atom. The van der Waals surface area contributed by atoms with E-state index < -0.39 is 12.1 Å². The number of piperidine rings is 1. The van der Waals surface area contributed by atoms with Gasteiger partial charge in [0, 0.05) is 6.04 Å². The molecule has 7 nitrogen and oxygen atoms in total. The number of nitrogens with zero attached hydrogens (tertiary/aromatic N) is 1. The van der Waals surface area contributed by atoms with Gasteiger partial charge in [0.15, 0.2) is 6.10 Å². The highest BCUT2D eigenvalue weighted by Gasteiger charge is 2.35. The first kappa shape index (κ1) is 15.2. The molecule has 2 aliphatic heterocycles. The van der Waals surface area contributed by atoms with Crippen LogP contribution in [0.5, 0.6) is 0 Å². The third-order valence-corrected chi connectivity index (χ3v) is 4.13. The van der Waals surface area contributed by atoms with Gasteiger partial charge in [0.05, 0.1) is 12.6 Å². The molecule has 2 fully saturated rings. The van der Waals surface area contributed by atoms with Crippen LogP contribution in [0.3, 0.4) is 0 Å². The van der Waals surface area contributed by atoms with Crippen LogP contribution in [0.1, 0.15) is 25.7 Å². The highest BCUT2D eigenvalue weighted by Crippen LogP contribution is 2.24. The average Bonchev–Trinajstić information content (AvgIpc) is 2.94. The largest absolute Gasteiger partial charge is 0.479 e. The quantitative estimate of drug-likeness (QED) is 0.504. The van der Waals surface area contributed by atoms with Gasteiger partial charge >= 0.3 is 5.97 Å². The fourth-order valence-corrected chi connectivity index (χ4v) is 3.05. The Bertz CT molecular complexity index is 358. The first-order valence-corrected chi connectivity index (χ1v) is 7.24. The molecule has 2 saturated heterocycles. The number of carbonyl (C=O) groups excluding carboxylic acids is 1. The smallest absolute Gasteiger partial charge is 0.334 e. The third-order valence-electron chi connectivity index (χ3n) is 4.13. The Labute approximate surface area is 118 Å². The van der Waals surface area contributed by atoms with E-state index in [2.05, 4.69) is 15.5 Å². The molecular weight excluding hydrogens is 262 g/mol. The van der Waals surface area contributed by atoms with Gasteiger partial charge in [0.25, 0.3) is 0 Å². The molecule has 1 amide bonds. The SMILES string of the molecule is O=C(O)C(O)CNC(=O)C1CCCN1C1CCNCC1. The molecule has 0 aromatic heterocycles. The normalized spacial score (nSPS) is 26.4. The number of hydrogen-bond acceptors (Lipinski definition) is 5. The fourth-order valence-electron chi connectivity index (χ4n) is 3.05. The van der Waals surface area contributed by atoms with Crippen molar-refractivity contribution in [2.75, 3.05) is 26.2 Å². The van der Waals surface area contributed by atoms with Gasteiger partial charge in [-0.15, -0.1) is 0 Å². The lowest BCUT2D eigenvalue weighted by molar-refractivity contribution is -0.146. The van der Waals surface area contributed by atoms with E-state index in [-0.39, 0.29) is 18.5 Å². The monoisotopic (exact) mass is 285 g/mol. The molecule has 0 radical (unpaired) electrons. The van der Waals surface area contributed by atoms with E-state index in [4.69, 9.17) is 5.11 Å². The number of aliphatic carboxylic acids is 1. The summed E-state index contributed by atoms with van der Waals surface area (Å²) in [4.78, 5) is 24.9. The van der Waals surface area contributed by atoms with Gasteiger partial charge in [-0.2, -0.15) is 0 Å². The number of aliphatic hydroxyl groups is 1. The molecule has 2 rings (SSSR count). The highest BCUT2D eigenvalue weighted by molar-refractivity contribution is 5.83. The molecular formula is C13H23N3O4. The predicted molar refractivity (Wildman–Crippen MR) is 72.3 cm³/mol. The van der Waals surface area contributed by atoms with Crippen LogP contribution in [0.2, 0.25) is 0 Å². The number of amides is 1. The zero-order valence-electron chi connectivity index (χ0n) is 11.5. The molecule has 114 valence electrons. The van der Waals surface area contributed by atoms with Crippen LogP contribution in [0.15, 0.2) is 0 Å². The molecule has 0 saturated carbocycles. The summed E-state index contributed by atoms with van der Waals surface area (Å²) in [6, 6.07) is 0.248. The van der Waals surface area contributed by atoms with Gasteiger partial charge in [0.2, 0.25) is 5.91 Å². The molecule has 0 aliphatic carbocycles. The number of carbonyl (C=O) groups is 2. The number of hydrogen-bond donors (Lipinski definition) is 4. The van der Waals surface area contributed by atoms with Gasteiger partial charge in [0.1, 0.15) is 0 Å². The summed E-state index contributed by atoms with van der Waals surface area (Å²) in [6.07, 6.45) is 2.35. The molecule has 2 aliphatic rings. The summed E-state index contributed by atoms with van der Waals surface area (Å²) >= 11 is 0. The molecule has 4 N–H and O–H groups in total. The Morgan fingerprint density at radius 2 is 2.00 bits per heavy atom. The van der Waals surface area contributed by atoms with Crippen molar-refractivity contribution in [2.45, 2.75) is 43.9 Å². The minimum Gasteiger partial charge on any atom is -0.479 e. The Morgan fingerprint density at radius 3 is 2.65 bits per heavy atom. The lowest BCUT2D eigenvalue weighted by atomic mass is 10.0. The van der Waals surface area contributed by atoms with E-state index in [0.29, 0.717) is 6.04 Å². The van der Waals surface area contributed by atoms with Crippen LogP contribution in [0.4, 0.5) is 0 Å². The summed E-state index contributed by atoms with van der Waals surface area (Å²) < 4.78 is 0. The molecule has 2 unspecified atom stereocenters. The Kier molecular flexibility index (Phi) is 5.33. The van der Waals surface area contributed by atoms with Crippen molar-refractivity contribution in [1.29, 1.82) is 0 Å².